The van der Waals surface area contributed by atoms with Crippen LogP contribution in [0.25, 0.3) is 0 Å². The molecule has 1 aliphatic rings. The van der Waals surface area contributed by atoms with Crippen molar-refractivity contribution in [1.29, 1.82) is 0 Å². The molecule has 0 bridgehead atoms. The Hall–Kier alpha value is -1.86. The second-order valence-corrected chi connectivity index (χ2v) is 11.1. The third-order valence-electron chi connectivity index (χ3n) is 8.07. The number of rotatable bonds is 17. The van der Waals surface area contributed by atoms with Crippen LogP contribution in [0.3, 0.4) is 0 Å². The number of hydrogen-bond acceptors (Lipinski definition) is 1. The molecule has 198 valence electrons. The molecule has 36 heavy (non-hydrogen) atoms. The van der Waals surface area contributed by atoms with E-state index in [1.807, 2.05) is 0 Å². The van der Waals surface area contributed by atoms with Crippen LogP contribution in [0, 0.1) is 11.8 Å². The van der Waals surface area contributed by atoms with Crippen molar-refractivity contribution in [2.45, 2.75) is 117 Å². The molecule has 0 aliphatic heterocycles. The fraction of sp³-hybridized carbons (Fsp3) is 0.600. The van der Waals surface area contributed by atoms with Gasteiger partial charge in [-0.15, -0.1) is 0 Å². The number of benzene rings is 2. The molecule has 2 aromatic rings. The molecule has 0 aromatic heterocycles. The fourth-order valence-electron chi connectivity index (χ4n) is 5.56. The minimum atomic E-state index is 0.748. The lowest BCUT2D eigenvalue weighted by molar-refractivity contribution is 0.117. The third-order valence-corrected chi connectivity index (χ3v) is 8.07. The highest BCUT2D eigenvalue weighted by atomic mass is 16.5. The van der Waals surface area contributed by atoms with Gasteiger partial charge in [-0.05, 0) is 105 Å². The van der Waals surface area contributed by atoms with Gasteiger partial charge in [-0.1, -0.05) is 100 Å². The van der Waals surface area contributed by atoms with Crippen molar-refractivity contribution in [3.63, 3.8) is 0 Å². The lowest BCUT2D eigenvalue weighted by Crippen LogP contribution is -2.14. The number of allylic oxidation sites excluding steroid dienone is 2. The monoisotopic (exact) mass is 488 g/mol. The maximum absolute atomic E-state index is 5.78. The van der Waals surface area contributed by atoms with Gasteiger partial charge in [0.25, 0.3) is 0 Å². The number of unbranched alkanes of at least 4 members (excludes halogenated alkanes) is 3. The summed E-state index contributed by atoms with van der Waals surface area (Å²) in [5.74, 6) is 1.89. The van der Waals surface area contributed by atoms with Gasteiger partial charge in [0.1, 0.15) is 0 Å². The van der Waals surface area contributed by atoms with Crippen LogP contribution in [-0.4, -0.2) is 6.61 Å². The molecule has 1 aliphatic carbocycles. The summed E-state index contributed by atoms with van der Waals surface area (Å²) in [5.41, 5.74) is 5.77. The Morgan fingerprint density at radius 3 is 1.78 bits per heavy atom. The van der Waals surface area contributed by atoms with Crippen LogP contribution in [0.1, 0.15) is 113 Å². The van der Waals surface area contributed by atoms with Crippen LogP contribution in [0.4, 0.5) is 0 Å². The standard InChI is InChI=1S/C35H52O/c1-3-5-7-11-30-14-18-33(19-15-30)22-23-34-20-16-31(17-21-34)12-8-9-13-32-24-26-35(27-25-32)29-36-28-10-6-4-2/h5,7,16-17,20-21,24-27,30,33H,3-4,6,8-15,18-19,22-23,28-29H2,1-2H3/b7-5+. The minimum absolute atomic E-state index is 0.748. The number of ether oxygens (including phenoxy) is 1. The van der Waals surface area contributed by atoms with E-state index >= 15 is 0 Å². The third kappa shape index (κ3) is 11.5. The largest absolute Gasteiger partial charge is 0.377 e. The predicted molar refractivity (Wildman–Crippen MR) is 157 cm³/mol. The van der Waals surface area contributed by atoms with E-state index in [1.165, 1.54) is 119 Å². The lowest BCUT2D eigenvalue weighted by Gasteiger charge is -2.28. The quantitative estimate of drug-likeness (QED) is 0.159. The lowest BCUT2D eigenvalue weighted by atomic mass is 9.78. The van der Waals surface area contributed by atoms with E-state index in [4.69, 9.17) is 4.74 Å². The molecule has 0 heterocycles. The predicted octanol–water partition coefficient (Wildman–Crippen LogP) is 10.1. The molecule has 3 rings (SSSR count). The van der Waals surface area contributed by atoms with Gasteiger partial charge in [-0.2, -0.15) is 0 Å². The van der Waals surface area contributed by atoms with Crippen LogP contribution in [-0.2, 0) is 30.6 Å². The average Bonchev–Trinajstić information content (AvgIpc) is 2.92. The fourth-order valence-corrected chi connectivity index (χ4v) is 5.56. The van der Waals surface area contributed by atoms with Gasteiger partial charge in [0.15, 0.2) is 0 Å². The van der Waals surface area contributed by atoms with Gasteiger partial charge in [-0.25, -0.2) is 0 Å². The average molecular weight is 489 g/mol. The second kappa shape index (κ2) is 17.6. The van der Waals surface area contributed by atoms with Crippen LogP contribution in [0.5, 0.6) is 0 Å². The molecule has 0 atom stereocenters. The zero-order valence-corrected chi connectivity index (χ0v) is 23.4. The van der Waals surface area contributed by atoms with Gasteiger partial charge in [0.2, 0.25) is 0 Å². The van der Waals surface area contributed by atoms with Crippen molar-refractivity contribution in [3.05, 3.63) is 82.9 Å². The van der Waals surface area contributed by atoms with E-state index in [-0.39, 0.29) is 0 Å². The normalized spacial score (nSPS) is 18.2. The van der Waals surface area contributed by atoms with E-state index in [0.29, 0.717) is 0 Å². The molecule has 0 saturated heterocycles. The van der Waals surface area contributed by atoms with E-state index in [9.17, 15) is 0 Å². The maximum Gasteiger partial charge on any atom is 0.0716 e. The summed E-state index contributed by atoms with van der Waals surface area (Å²) in [6.07, 6.45) is 24.2. The van der Waals surface area contributed by atoms with Gasteiger partial charge >= 0.3 is 0 Å². The van der Waals surface area contributed by atoms with Gasteiger partial charge in [-0.3, -0.25) is 0 Å². The molecule has 1 saturated carbocycles. The summed E-state index contributed by atoms with van der Waals surface area (Å²) in [6, 6.07) is 18.6. The Labute approximate surface area is 222 Å². The summed E-state index contributed by atoms with van der Waals surface area (Å²) < 4.78 is 5.78. The van der Waals surface area contributed by atoms with Crippen molar-refractivity contribution in [1.82, 2.24) is 0 Å². The minimum Gasteiger partial charge on any atom is -0.377 e. The Bertz CT molecular complexity index is 824. The van der Waals surface area contributed by atoms with Gasteiger partial charge in [0.05, 0.1) is 6.61 Å². The van der Waals surface area contributed by atoms with Gasteiger partial charge in [0, 0.05) is 6.61 Å². The Morgan fingerprint density at radius 1 is 0.639 bits per heavy atom. The second-order valence-electron chi connectivity index (χ2n) is 11.1. The van der Waals surface area contributed by atoms with Crippen LogP contribution >= 0.6 is 0 Å². The summed E-state index contributed by atoms with van der Waals surface area (Å²) in [6.45, 7) is 6.09. The molecule has 0 amide bonds. The molecule has 1 fully saturated rings. The topological polar surface area (TPSA) is 9.23 Å². The summed E-state index contributed by atoms with van der Waals surface area (Å²) >= 11 is 0. The van der Waals surface area contributed by atoms with Crippen molar-refractivity contribution in [2.75, 3.05) is 6.61 Å². The molecule has 0 unspecified atom stereocenters. The first-order valence-corrected chi connectivity index (χ1v) is 15.1. The van der Waals surface area contributed by atoms with Crippen molar-refractivity contribution >= 4 is 0 Å². The zero-order chi connectivity index (χ0) is 25.3. The molecular weight excluding hydrogens is 436 g/mol. The van der Waals surface area contributed by atoms with Crippen LogP contribution < -0.4 is 0 Å². The summed E-state index contributed by atoms with van der Waals surface area (Å²) in [4.78, 5) is 0. The molecule has 0 spiro atoms. The smallest absolute Gasteiger partial charge is 0.0716 e. The first kappa shape index (κ1) is 28.7. The molecule has 0 N–H and O–H groups in total. The molecular formula is C35H52O. The van der Waals surface area contributed by atoms with E-state index < -0.39 is 0 Å². The molecule has 2 aromatic carbocycles. The molecule has 0 radical (unpaired) electrons. The van der Waals surface area contributed by atoms with Crippen molar-refractivity contribution < 1.29 is 4.74 Å². The zero-order valence-electron chi connectivity index (χ0n) is 23.4. The number of hydrogen-bond donors (Lipinski definition) is 0. The van der Waals surface area contributed by atoms with Crippen LogP contribution in [0.2, 0.25) is 0 Å². The van der Waals surface area contributed by atoms with E-state index in [2.05, 4.69) is 74.5 Å². The molecule has 1 heteroatoms. The summed E-state index contributed by atoms with van der Waals surface area (Å²) in [7, 11) is 0. The van der Waals surface area contributed by atoms with E-state index in [1.54, 1.807) is 0 Å². The highest BCUT2D eigenvalue weighted by Crippen LogP contribution is 2.33. The highest BCUT2D eigenvalue weighted by molar-refractivity contribution is 5.24. The first-order chi connectivity index (χ1) is 17.8. The molecule has 1 nitrogen and oxygen atoms in total. The van der Waals surface area contributed by atoms with Crippen molar-refractivity contribution in [3.8, 4) is 0 Å². The Morgan fingerprint density at radius 2 is 1.19 bits per heavy atom. The van der Waals surface area contributed by atoms with Crippen molar-refractivity contribution in [2.24, 2.45) is 11.8 Å². The first-order valence-electron chi connectivity index (χ1n) is 15.1. The van der Waals surface area contributed by atoms with E-state index in [0.717, 1.165) is 25.0 Å². The highest BCUT2D eigenvalue weighted by Gasteiger charge is 2.20. The Kier molecular flexibility index (Phi) is 14.0. The van der Waals surface area contributed by atoms with Crippen LogP contribution in [0.15, 0.2) is 60.7 Å². The summed E-state index contributed by atoms with van der Waals surface area (Å²) in [5, 5.41) is 0. The van der Waals surface area contributed by atoms with Gasteiger partial charge < -0.3 is 4.74 Å². The maximum atomic E-state index is 5.78. The number of aryl methyl sites for hydroxylation is 3. The Balaban J connectivity index is 1.25. The SMILES string of the molecule is CC/C=C/CC1CCC(CCc2ccc(CCCCc3ccc(COCCCCC)cc3)cc2)CC1.